The van der Waals surface area contributed by atoms with Gasteiger partial charge in [-0.1, -0.05) is 0 Å². The van der Waals surface area contributed by atoms with Gasteiger partial charge in [-0.3, -0.25) is 20.2 Å². The molecule has 0 spiro atoms. The van der Waals surface area contributed by atoms with Gasteiger partial charge in [0.1, 0.15) is 6.04 Å². The highest BCUT2D eigenvalue weighted by atomic mass is 16.4. The maximum absolute atomic E-state index is 10.7. The Hall–Kier alpha value is -1.63. The van der Waals surface area contributed by atoms with Crippen molar-refractivity contribution in [2.24, 2.45) is 5.73 Å². The van der Waals surface area contributed by atoms with Crippen molar-refractivity contribution in [3.05, 3.63) is 0 Å². The lowest BCUT2D eigenvalue weighted by molar-refractivity contribution is -0.139. The van der Waals surface area contributed by atoms with Gasteiger partial charge in [0, 0.05) is 0 Å². The number of hydrogen-bond donors (Lipinski definition) is 4. The van der Waals surface area contributed by atoms with Crippen LogP contribution in [0.3, 0.4) is 0 Å². The number of carboxylic acids is 1. The second-order valence-corrected chi connectivity index (χ2v) is 2.35. The monoisotopic (exact) mass is 189 g/mol. The number of primary amides is 1. The van der Waals surface area contributed by atoms with Gasteiger partial charge < -0.3 is 10.8 Å². The van der Waals surface area contributed by atoms with Crippen LogP contribution in [0.1, 0.15) is 6.92 Å². The van der Waals surface area contributed by atoms with E-state index in [2.05, 4.69) is 11.1 Å². The summed E-state index contributed by atoms with van der Waals surface area (Å²) in [6.07, 6.45) is 0. The summed E-state index contributed by atoms with van der Waals surface area (Å²) in [5.41, 5.74) is 4.64. The zero-order valence-electron chi connectivity index (χ0n) is 7.03. The summed E-state index contributed by atoms with van der Waals surface area (Å²) in [7, 11) is 0. The van der Waals surface area contributed by atoms with E-state index in [1.807, 2.05) is 0 Å². The van der Waals surface area contributed by atoms with E-state index in [4.69, 9.17) is 5.11 Å². The summed E-state index contributed by atoms with van der Waals surface area (Å²) in [5, 5.41) is 12.5. The quantitative estimate of drug-likeness (QED) is 0.417. The van der Waals surface area contributed by atoms with Crippen molar-refractivity contribution in [3.8, 4) is 0 Å². The van der Waals surface area contributed by atoms with E-state index in [0.717, 1.165) is 0 Å². The Morgan fingerprint density at radius 2 is 2.00 bits per heavy atom. The third-order valence-electron chi connectivity index (χ3n) is 1.20. The van der Waals surface area contributed by atoms with Gasteiger partial charge in [-0.25, -0.2) is 4.79 Å². The molecule has 0 aliphatic heterocycles. The van der Waals surface area contributed by atoms with Crippen LogP contribution in [0, 0.1) is 0 Å². The number of urea groups is 1. The van der Waals surface area contributed by atoms with Gasteiger partial charge in [-0.2, -0.15) is 0 Å². The van der Waals surface area contributed by atoms with E-state index in [9.17, 15) is 14.4 Å². The second kappa shape index (κ2) is 5.09. The van der Waals surface area contributed by atoms with Gasteiger partial charge in [0.2, 0.25) is 5.91 Å². The molecule has 0 heterocycles. The summed E-state index contributed by atoms with van der Waals surface area (Å²) in [6, 6.07) is -1.81. The van der Waals surface area contributed by atoms with Gasteiger partial charge in [0.05, 0.1) is 6.54 Å². The highest BCUT2D eigenvalue weighted by molar-refractivity contribution is 5.94. The molecular formula is C6H11N3O4. The Labute approximate surface area is 74.3 Å². The lowest BCUT2D eigenvalue weighted by Gasteiger charge is -2.07. The van der Waals surface area contributed by atoms with Crippen molar-refractivity contribution in [3.63, 3.8) is 0 Å². The Morgan fingerprint density at radius 3 is 2.38 bits per heavy atom. The molecule has 0 fully saturated rings. The number of nitrogens with two attached hydrogens (primary N) is 1. The SMILES string of the molecule is C[C@H](NCC(=O)NC(N)=O)C(=O)O. The number of rotatable bonds is 4. The minimum atomic E-state index is -1.08. The van der Waals surface area contributed by atoms with Gasteiger partial charge in [0.15, 0.2) is 0 Å². The van der Waals surface area contributed by atoms with E-state index >= 15 is 0 Å². The number of carbonyl (C=O) groups excluding carboxylic acids is 2. The molecule has 7 heteroatoms. The van der Waals surface area contributed by atoms with E-state index in [1.165, 1.54) is 6.92 Å². The molecule has 1 atom stereocenters. The van der Waals surface area contributed by atoms with Crippen LogP contribution in [0.25, 0.3) is 0 Å². The molecule has 0 bridgehead atoms. The van der Waals surface area contributed by atoms with Gasteiger partial charge in [-0.15, -0.1) is 0 Å². The fraction of sp³-hybridized carbons (Fsp3) is 0.500. The summed E-state index contributed by atoms with van der Waals surface area (Å²) >= 11 is 0. The molecule has 0 radical (unpaired) electrons. The molecular weight excluding hydrogens is 178 g/mol. The standard InChI is InChI=1S/C6H11N3O4/c1-3(5(11)12)8-2-4(10)9-6(7)13/h3,8H,2H2,1H3,(H,11,12)(H3,7,9,10,13)/t3-/m0/s1. The van der Waals surface area contributed by atoms with Crippen molar-refractivity contribution in [2.45, 2.75) is 13.0 Å². The van der Waals surface area contributed by atoms with Gasteiger partial charge in [0.25, 0.3) is 0 Å². The van der Waals surface area contributed by atoms with Crippen LogP contribution in [0.4, 0.5) is 4.79 Å². The number of carboxylic acid groups (broad SMARTS) is 1. The Bertz CT molecular complexity index is 228. The van der Waals surface area contributed by atoms with Crippen LogP contribution >= 0.6 is 0 Å². The number of aliphatic carboxylic acids is 1. The van der Waals surface area contributed by atoms with Crippen LogP contribution < -0.4 is 16.4 Å². The van der Waals surface area contributed by atoms with Crippen molar-refractivity contribution in [2.75, 3.05) is 6.54 Å². The first-order valence-corrected chi connectivity index (χ1v) is 3.49. The molecule has 0 aliphatic rings. The highest BCUT2D eigenvalue weighted by Crippen LogP contribution is 1.79. The predicted molar refractivity (Wildman–Crippen MR) is 42.8 cm³/mol. The predicted octanol–water partition coefficient (Wildman–Crippen LogP) is -1.76. The normalized spacial score (nSPS) is 11.8. The van der Waals surface area contributed by atoms with Gasteiger partial charge >= 0.3 is 12.0 Å². The largest absolute Gasteiger partial charge is 0.480 e. The Morgan fingerprint density at radius 1 is 1.46 bits per heavy atom. The molecule has 0 saturated carbocycles. The van der Waals surface area contributed by atoms with Crippen molar-refractivity contribution in [1.29, 1.82) is 0 Å². The summed E-state index contributed by atoms with van der Waals surface area (Å²) in [5.74, 6) is -1.74. The molecule has 7 nitrogen and oxygen atoms in total. The number of amides is 3. The summed E-state index contributed by atoms with van der Waals surface area (Å²) < 4.78 is 0. The zero-order chi connectivity index (χ0) is 10.4. The molecule has 3 amide bonds. The topological polar surface area (TPSA) is 122 Å². The first kappa shape index (κ1) is 11.4. The van der Waals surface area contributed by atoms with Crippen LogP contribution in [0.15, 0.2) is 0 Å². The fourth-order valence-electron chi connectivity index (χ4n) is 0.515. The number of nitrogens with one attached hydrogen (secondary N) is 2. The van der Waals surface area contributed by atoms with Crippen molar-refractivity contribution >= 4 is 17.9 Å². The molecule has 0 unspecified atom stereocenters. The van der Waals surface area contributed by atoms with Crippen LogP contribution in [-0.2, 0) is 9.59 Å². The molecule has 0 rings (SSSR count). The smallest absolute Gasteiger partial charge is 0.320 e. The van der Waals surface area contributed by atoms with E-state index < -0.39 is 23.9 Å². The highest BCUT2D eigenvalue weighted by Gasteiger charge is 2.11. The van der Waals surface area contributed by atoms with Crippen LogP contribution in [-0.4, -0.2) is 35.6 Å². The maximum atomic E-state index is 10.7. The minimum absolute atomic E-state index is 0.267. The molecule has 0 aromatic heterocycles. The zero-order valence-corrected chi connectivity index (χ0v) is 7.03. The van der Waals surface area contributed by atoms with E-state index in [0.29, 0.717) is 0 Å². The first-order chi connectivity index (χ1) is 5.93. The van der Waals surface area contributed by atoms with Crippen molar-refractivity contribution in [1.82, 2.24) is 10.6 Å². The minimum Gasteiger partial charge on any atom is -0.480 e. The molecule has 5 N–H and O–H groups in total. The van der Waals surface area contributed by atoms with Crippen molar-refractivity contribution < 1.29 is 19.5 Å². The van der Waals surface area contributed by atoms with E-state index in [1.54, 1.807) is 5.32 Å². The molecule has 74 valence electrons. The molecule has 13 heavy (non-hydrogen) atoms. The molecule has 0 aliphatic carbocycles. The van der Waals surface area contributed by atoms with Gasteiger partial charge in [-0.05, 0) is 6.92 Å². The molecule has 0 saturated heterocycles. The lowest BCUT2D eigenvalue weighted by Crippen LogP contribution is -2.44. The van der Waals surface area contributed by atoms with E-state index in [-0.39, 0.29) is 6.54 Å². The lowest BCUT2D eigenvalue weighted by atomic mass is 10.3. The Balaban J connectivity index is 3.70. The third kappa shape index (κ3) is 5.62. The third-order valence-corrected chi connectivity index (χ3v) is 1.20. The Kier molecular flexibility index (Phi) is 4.45. The number of hydrogen-bond acceptors (Lipinski definition) is 4. The summed E-state index contributed by atoms with van der Waals surface area (Å²) in [4.78, 5) is 31.1. The maximum Gasteiger partial charge on any atom is 0.320 e. The number of imide groups is 1. The average Bonchev–Trinajstić information content (AvgIpc) is 1.98. The fourth-order valence-corrected chi connectivity index (χ4v) is 0.515. The van der Waals surface area contributed by atoms with Crippen LogP contribution in [0.5, 0.6) is 0 Å². The molecule has 0 aromatic carbocycles. The molecule has 0 aromatic rings. The average molecular weight is 189 g/mol. The summed E-state index contributed by atoms with van der Waals surface area (Å²) in [6.45, 7) is 1.11. The second-order valence-electron chi connectivity index (χ2n) is 2.35. The first-order valence-electron chi connectivity index (χ1n) is 3.49. The number of carbonyl (C=O) groups is 3. The van der Waals surface area contributed by atoms with Crippen LogP contribution in [0.2, 0.25) is 0 Å².